The van der Waals surface area contributed by atoms with Gasteiger partial charge >= 0.3 is 5.97 Å². The van der Waals surface area contributed by atoms with E-state index in [-0.39, 0.29) is 62.5 Å². The third kappa shape index (κ3) is 18.1. The molecule has 2 rings (SSSR count). The van der Waals surface area contributed by atoms with Crippen molar-refractivity contribution in [2.75, 3.05) is 6.54 Å². The number of aromatic hydroxyl groups is 1. The van der Waals surface area contributed by atoms with E-state index in [9.17, 15) is 43.8 Å². The molecule has 2 aromatic rings. The van der Waals surface area contributed by atoms with Crippen LogP contribution in [0.4, 0.5) is 0 Å². The van der Waals surface area contributed by atoms with Gasteiger partial charge in [-0.05, 0) is 86.6 Å². The number of carboxylic acids is 1. The topological polar surface area (TPSA) is 298 Å². The smallest absolute Gasteiger partial charge is 0.326 e. The third-order valence-electron chi connectivity index (χ3n) is 9.20. The van der Waals surface area contributed by atoms with Gasteiger partial charge in [-0.1, -0.05) is 70.2 Å². The average molecular weight is 811 g/mol. The van der Waals surface area contributed by atoms with E-state index < -0.39 is 77.7 Å². The van der Waals surface area contributed by atoms with Gasteiger partial charge in [-0.25, -0.2) is 4.79 Å². The maximum atomic E-state index is 13.9. The first-order valence-corrected chi connectivity index (χ1v) is 19.7. The highest BCUT2D eigenvalue weighted by Gasteiger charge is 2.33. The van der Waals surface area contributed by atoms with Crippen molar-refractivity contribution in [3.8, 4) is 5.75 Å². The van der Waals surface area contributed by atoms with Crippen LogP contribution in [0.1, 0.15) is 83.8 Å². The molecule has 0 aliphatic carbocycles. The molecule has 58 heavy (non-hydrogen) atoms. The number of hydrogen-bond donors (Lipinski definition) is 10. The van der Waals surface area contributed by atoms with Crippen molar-refractivity contribution in [2.24, 2.45) is 29.0 Å². The molecule has 6 atom stereocenters. The average Bonchev–Trinajstić information content (AvgIpc) is 3.15. The zero-order chi connectivity index (χ0) is 43.4. The molecule has 13 N–H and O–H groups in total. The van der Waals surface area contributed by atoms with Gasteiger partial charge in [0.25, 0.3) is 0 Å². The number of unbranched alkanes of at least 4 members (excludes halogenated alkanes) is 1. The lowest BCUT2D eigenvalue weighted by atomic mass is 9.99. The number of carbonyl (C=O) groups excluding carboxylic acids is 6. The molecular formula is C41H62N8O9. The number of nitrogens with one attached hydrogen (secondary N) is 5. The maximum Gasteiger partial charge on any atom is 0.326 e. The minimum Gasteiger partial charge on any atom is -0.508 e. The number of aliphatic carboxylic acids is 1. The highest BCUT2D eigenvalue weighted by molar-refractivity contribution is 5.96. The van der Waals surface area contributed by atoms with Crippen molar-refractivity contribution in [3.63, 3.8) is 0 Å². The highest BCUT2D eigenvalue weighted by Crippen LogP contribution is 2.14. The summed E-state index contributed by atoms with van der Waals surface area (Å²) in [6, 6.07) is 7.72. The Labute approximate surface area is 340 Å². The fourth-order valence-electron chi connectivity index (χ4n) is 6.12. The van der Waals surface area contributed by atoms with Crippen LogP contribution in [0.2, 0.25) is 0 Å². The Morgan fingerprint density at radius 1 is 0.586 bits per heavy atom. The van der Waals surface area contributed by atoms with Crippen LogP contribution < -0.4 is 43.8 Å². The second-order valence-electron chi connectivity index (χ2n) is 15.4. The first-order valence-electron chi connectivity index (χ1n) is 19.7. The summed E-state index contributed by atoms with van der Waals surface area (Å²) in [6.45, 7) is 7.73. The molecule has 0 saturated carbocycles. The monoisotopic (exact) mass is 810 g/mol. The van der Waals surface area contributed by atoms with Gasteiger partial charge in [0.1, 0.15) is 36.0 Å². The molecule has 0 unspecified atom stereocenters. The van der Waals surface area contributed by atoms with Gasteiger partial charge in [0, 0.05) is 12.8 Å². The van der Waals surface area contributed by atoms with Crippen LogP contribution in [0, 0.1) is 11.8 Å². The van der Waals surface area contributed by atoms with Crippen molar-refractivity contribution >= 4 is 41.4 Å². The number of rotatable bonds is 26. The molecule has 2 aromatic carbocycles. The maximum absolute atomic E-state index is 13.9. The molecule has 0 bridgehead atoms. The Hall–Kier alpha value is -5.55. The number of carboxylic acid groups (broad SMARTS) is 1. The molecular weight excluding hydrogens is 748 g/mol. The van der Waals surface area contributed by atoms with Crippen molar-refractivity contribution in [2.45, 2.75) is 122 Å². The Morgan fingerprint density at radius 2 is 1.05 bits per heavy atom. The van der Waals surface area contributed by atoms with Gasteiger partial charge in [0.15, 0.2) is 0 Å². The molecule has 0 radical (unpaired) electrons. The van der Waals surface area contributed by atoms with Gasteiger partial charge in [-0.2, -0.15) is 0 Å². The Balaban J connectivity index is 2.34. The van der Waals surface area contributed by atoms with Gasteiger partial charge in [-0.3, -0.25) is 28.8 Å². The highest BCUT2D eigenvalue weighted by atomic mass is 16.4. The predicted octanol–water partition coefficient (Wildman–Crippen LogP) is 0.500. The second kappa shape index (κ2) is 24.9. The number of nitrogens with two attached hydrogens (primary N) is 3. The number of phenolic OH excluding ortho intramolecular Hbond substituents is 1. The summed E-state index contributed by atoms with van der Waals surface area (Å²) in [4.78, 5) is 92.2. The second-order valence-corrected chi connectivity index (χ2v) is 15.4. The Bertz CT molecular complexity index is 1660. The van der Waals surface area contributed by atoms with E-state index in [1.54, 1.807) is 0 Å². The number of phenols is 1. The lowest BCUT2D eigenvalue weighted by Gasteiger charge is -2.28. The van der Waals surface area contributed by atoms with E-state index >= 15 is 0 Å². The number of amides is 6. The fraction of sp³-hybridized carbons (Fsp3) is 0.537. The molecule has 0 saturated heterocycles. The first kappa shape index (κ1) is 48.6. The van der Waals surface area contributed by atoms with Crippen LogP contribution >= 0.6 is 0 Å². The van der Waals surface area contributed by atoms with Crippen LogP contribution in [-0.4, -0.2) is 94.4 Å². The molecule has 17 heteroatoms. The van der Waals surface area contributed by atoms with Crippen LogP contribution in [-0.2, 0) is 46.4 Å². The minimum absolute atomic E-state index is 0.0379. The zero-order valence-corrected chi connectivity index (χ0v) is 33.9. The summed E-state index contributed by atoms with van der Waals surface area (Å²) >= 11 is 0. The van der Waals surface area contributed by atoms with Crippen molar-refractivity contribution < 1.29 is 43.8 Å². The first-order chi connectivity index (χ1) is 27.4. The summed E-state index contributed by atoms with van der Waals surface area (Å²) in [7, 11) is 0. The standard InChI is InChI=1S/C41H62N8O9/c1-24(2)20-32(47-36(52)29(43)22-26-10-6-5-7-11-26)39(55)48-33(21-25(3)4)38(54)45-30(17-18-35(44)51)37(53)49-34(23-27-13-15-28(50)16-14-27)40(56)46-31(41(57)58)12-8-9-19-42/h5-7,10-11,13-16,24-25,29-34,50H,8-9,12,17-23,42-43H2,1-4H3,(H2,44,51)(H,45,54)(H,46,56)(H,47,52)(H,48,55)(H,49,53)(H,57,58)/t29-,30-,31-,32-,33-,34-/m0/s1. The fourth-order valence-corrected chi connectivity index (χ4v) is 6.12. The number of hydrogen-bond acceptors (Lipinski definition) is 10. The number of benzene rings is 2. The molecule has 0 aliphatic rings. The quantitative estimate of drug-likeness (QED) is 0.0584. The molecule has 0 heterocycles. The van der Waals surface area contributed by atoms with Crippen molar-refractivity contribution in [3.05, 3.63) is 65.7 Å². The van der Waals surface area contributed by atoms with E-state index in [1.807, 2.05) is 58.0 Å². The van der Waals surface area contributed by atoms with Gasteiger partial charge in [-0.15, -0.1) is 0 Å². The molecule has 0 fully saturated rings. The van der Waals surface area contributed by atoms with E-state index in [2.05, 4.69) is 26.6 Å². The van der Waals surface area contributed by atoms with Crippen LogP contribution in [0.3, 0.4) is 0 Å². The predicted molar refractivity (Wildman–Crippen MR) is 217 cm³/mol. The summed E-state index contributed by atoms with van der Waals surface area (Å²) in [5.74, 6) is -5.92. The normalized spacial score (nSPS) is 14.3. The lowest BCUT2D eigenvalue weighted by molar-refractivity contribution is -0.142. The lowest BCUT2D eigenvalue weighted by Crippen LogP contribution is -2.60. The molecule has 17 nitrogen and oxygen atoms in total. The molecule has 0 aliphatic heterocycles. The van der Waals surface area contributed by atoms with Gasteiger partial charge < -0.3 is 54.0 Å². The van der Waals surface area contributed by atoms with Gasteiger partial charge in [0.2, 0.25) is 35.4 Å². The minimum atomic E-state index is -1.43. The van der Waals surface area contributed by atoms with Gasteiger partial charge in [0.05, 0.1) is 6.04 Å². The molecule has 320 valence electrons. The number of primary amides is 1. The van der Waals surface area contributed by atoms with E-state index in [4.69, 9.17) is 17.2 Å². The van der Waals surface area contributed by atoms with Crippen molar-refractivity contribution in [1.29, 1.82) is 0 Å². The molecule has 6 amide bonds. The Morgan fingerprint density at radius 3 is 1.57 bits per heavy atom. The molecule has 0 aromatic heterocycles. The van der Waals surface area contributed by atoms with E-state index in [0.29, 0.717) is 24.9 Å². The summed E-state index contributed by atoms with van der Waals surface area (Å²) in [5.41, 5.74) is 18.5. The van der Waals surface area contributed by atoms with Crippen LogP contribution in [0.15, 0.2) is 54.6 Å². The molecule has 0 spiro atoms. The summed E-state index contributed by atoms with van der Waals surface area (Å²) < 4.78 is 0. The van der Waals surface area contributed by atoms with Crippen LogP contribution in [0.25, 0.3) is 0 Å². The SMILES string of the molecule is CC(C)C[C@H](NC(=O)[C@H](CC(C)C)NC(=O)[C@@H](N)Cc1ccccc1)C(=O)N[C@@H](CCC(N)=O)C(=O)N[C@@H](Cc1ccc(O)cc1)C(=O)N[C@@H](CCCCN)C(=O)O. The number of carbonyl (C=O) groups is 7. The van der Waals surface area contributed by atoms with Crippen molar-refractivity contribution in [1.82, 2.24) is 26.6 Å². The van der Waals surface area contributed by atoms with E-state index in [0.717, 1.165) is 5.56 Å². The van der Waals surface area contributed by atoms with E-state index in [1.165, 1.54) is 24.3 Å². The third-order valence-corrected chi connectivity index (χ3v) is 9.20. The largest absolute Gasteiger partial charge is 0.508 e. The Kier molecular flexibility index (Phi) is 20.9. The zero-order valence-electron chi connectivity index (χ0n) is 33.9. The van der Waals surface area contributed by atoms with Crippen LogP contribution in [0.5, 0.6) is 5.75 Å². The summed E-state index contributed by atoms with van der Waals surface area (Å²) in [6.07, 6.45) is 0.899. The summed E-state index contributed by atoms with van der Waals surface area (Å²) in [5, 5.41) is 32.7.